The molecule has 2 rings (SSSR count). The maximum absolute atomic E-state index is 12.0. The van der Waals surface area contributed by atoms with E-state index in [9.17, 15) is 4.21 Å². The summed E-state index contributed by atoms with van der Waals surface area (Å²) in [5.41, 5.74) is 5.18. The van der Waals surface area contributed by atoms with Crippen LogP contribution in [0.3, 0.4) is 0 Å². The monoisotopic (exact) mass is 242 g/mol. The van der Waals surface area contributed by atoms with E-state index in [0.717, 1.165) is 16.0 Å². The first kappa shape index (κ1) is 11.8. The fraction of sp³-hybridized carbons (Fsp3) is 0.133. The fourth-order valence-electron chi connectivity index (χ4n) is 1.67. The van der Waals surface area contributed by atoms with Crippen molar-refractivity contribution in [2.45, 2.75) is 11.8 Å². The molecule has 0 aliphatic heterocycles. The van der Waals surface area contributed by atoms with Crippen LogP contribution in [-0.4, -0.2) is 9.96 Å². The van der Waals surface area contributed by atoms with E-state index in [4.69, 9.17) is 0 Å². The smallest absolute Gasteiger partial charge is 0.0533 e. The molecule has 0 amide bonds. The van der Waals surface area contributed by atoms with Gasteiger partial charge in [-0.1, -0.05) is 43.4 Å². The van der Waals surface area contributed by atoms with Gasteiger partial charge >= 0.3 is 0 Å². The third kappa shape index (κ3) is 2.73. The molecule has 1 aromatic rings. The highest BCUT2D eigenvalue weighted by Gasteiger charge is 2.09. The van der Waals surface area contributed by atoms with E-state index in [-0.39, 0.29) is 0 Å². The lowest BCUT2D eigenvalue weighted by Gasteiger charge is -2.07. The third-order valence-electron chi connectivity index (χ3n) is 2.50. The topological polar surface area (TPSA) is 17.1 Å². The molecule has 0 N–H and O–H groups in total. The molecule has 0 bridgehead atoms. The Morgan fingerprint density at radius 3 is 2.82 bits per heavy atom. The van der Waals surface area contributed by atoms with Crippen molar-refractivity contribution in [3.63, 3.8) is 0 Å². The van der Waals surface area contributed by atoms with Crippen molar-refractivity contribution >= 4 is 16.4 Å². The van der Waals surface area contributed by atoms with Gasteiger partial charge in [0.1, 0.15) is 0 Å². The minimum atomic E-state index is -0.938. The Hall–Kier alpha value is -1.63. The van der Waals surface area contributed by atoms with Gasteiger partial charge < -0.3 is 0 Å². The molecule has 1 aliphatic rings. The van der Waals surface area contributed by atoms with Crippen LogP contribution in [0.4, 0.5) is 0 Å². The average molecular weight is 242 g/mol. The summed E-state index contributed by atoms with van der Waals surface area (Å²) in [6.45, 7) is 1.93. The van der Waals surface area contributed by atoms with Gasteiger partial charge in [-0.25, -0.2) is 0 Å². The Bertz CT molecular complexity index is 558. The molecule has 1 unspecified atom stereocenters. The van der Waals surface area contributed by atoms with Crippen molar-refractivity contribution in [1.29, 1.82) is 0 Å². The Morgan fingerprint density at radius 1 is 1.18 bits per heavy atom. The standard InChI is InChI=1S/C15H14OS/c1-2-17(16)15-12-8-7-11-14(15)13-9-5-3-4-6-10-13/h3-9,11-12H,2H2,1H3. The van der Waals surface area contributed by atoms with Crippen LogP contribution in [0.5, 0.6) is 0 Å². The molecule has 0 fully saturated rings. The summed E-state index contributed by atoms with van der Waals surface area (Å²) in [7, 11) is -0.938. The third-order valence-corrected chi connectivity index (χ3v) is 3.88. The molecular formula is C15H14OS. The summed E-state index contributed by atoms with van der Waals surface area (Å²) >= 11 is 0. The predicted molar refractivity (Wildman–Crippen MR) is 73.2 cm³/mol. The lowest BCUT2D eigenvalue weighted by Crippen LogP contribution is -1.98. The molecule has 0 aromatic heterocycles. The molecule has 17 heavy (non-hydrogen) atoms. The van der Waals surface area contributed by atoms with Gasteiger partial charge in [-0.15, -0.1) is 5.73 Å². The van der Waals surface area contributed by atoms with Crippen molar-refractivity contribution in [2.24, 2.45) is 0 Å². The predicted octanol–water partition coefficient (Wildman–Crippen LogP) is 3.48. The second-order valence-corrected chi connectivity index (χ2v) is 5.31. The van der Waals surface area contributed by atoms with Gasteiger partial charge in [-0.2, -0.15) is 0 Å². The van der Waals surface area contributed by atoms with Crippen molar-refractivity contribution in [3.05, 3.63) is 65.9 Å². The van der Waals surface area contributed by atoms with Gasteiger partial charge in [-0.3, -0.25) is 4.21 Å². The van der Waals surface area contributed by atoms with Crippen molar-refractivity contribution < 1.29 is 4.21 Å². The molecule has 1 nitrogen and oxygen atoms in total. The second-order valence-electron chi connectivity index (χ2n) is 3.60. The molecule has 0 saturated heterocycles. The first-order valence-electron chi connectivity index (χ1n) is 5.60. The van der Waals surface area contributed by atoms with E-state index < -0.39 is 10.8 Å². The fourth-order valence-corrected chi connectivity index (χ4v) is 2.63. The van der Waals surface area contributed by atoms with Crippen LogP contribution in [0.2, 0.25) is 0 Å². The normalized spacial score (nSPS) is 15.5. The van der Waals surface area contributed by atoms with Gasteiger partial charge in [-0.05, 0) is 18.2 Å². The number of benzene rings is 1. The molecule has 0 radical (unpaired) electrons. The van der Waals surface area contributed by atoms with E-state index >= 15 is 0 Å². The Balaban J connectivity index is 2.53. The number of allylic oxidation sites excluding steroid dienone is 5. The maximum atomic E-state index is 12.0. The summed E-state index contributed by atoms with van der Waals surface area (Å²) < 4.78 is 12.0. The SMILES string of the molecule is CCS(=O)c1ccccc1C1=C=CC=CC=C1. The number of rotatable bonds is 3. The van der Waals surface area contributed by atoms with Gasteiger partial charge in [0.15, 0.2) is 0 Å². The first-order valence-corrected chi connectivity index (χ1v) is 6.92. The van der Waals surface area contributed by atoms with E-state index in [1.54, 1.807) is 0 Å². The molecule has 1 aliphatic carbocycles. The highest BCUT2D eigenvalue weighted by Crippen LogP contribution is 2.23. The summed E-state index contributed by atoms with van der Waals surface area (Å²) in [5, 5.41) is 0. The zero-order chi connectivity index (χ0) is 12.1. The minimum absolute atomic E-state index is 0.635. The van der Waals surface area contributed by atoms with Gasteiger partial charge in [0.25, 0.3) is 0 Å². The summed E-state index contributed by atoms with van der Waals surface area (Å²) in [6.07, 6.45) is 9.73. The van der Waals surface area contributed by atoms with Gasteiger partial charge in [0.2, 0.25) is 0 Å². The number of hydrogen-bond acceptors (Lipinski definition) is 1. The van der Waals surface area contributed by atoms with Crippen LogP contribution >= 0.6 is 0 Å². The Labute approximate surface area is 104 Å². The highest BCUT2D eigenvalue weighted by molar-refractivity contribution is 7.85. The largest absolute Gasteiger partial charge is 0.254 e. The average Bonchev–Trinajstić information content (AvgIpc) is 2.66. The zero-order valence-corrected chi connectivity index (χ0v) is 10.5. The summed E-state index contributed by atoms with van der Waals surface area (Å²) in [6, 6.07) is 7.81. The van der Waals surface area contributed by atoms with E-state index in [1.807, 2.05) is 61.6 Å². The van der Waals surface area contributed by atoms with Crippen LogP contribution in [0.1, 0.15) is 12.5 Å². The highest BCUT2D eigenvalue weighted by atomic mass is 32.2. The van der Waals surface area contributed by atoms with Crippen LogP contribution in [0, 0.1) is 0 Å². The van der Waals surface area contributed by atoms with Crippen LogP contribution in [0.15, 0.2) is 65.3 Å². The van der Waals surface area contributed by atoms with E-state index in [2.05, 4.69) is 5.73 Å². The van der Waals surface area contributed by atoms with E-state index in [0.29, 0.717) is 5.75 Å². The molecule has 0 heterocycles. The molecule has 0 saturated carbocycles. The second kappa shape index (κ2) is 5.62. The van der Waals surface area contributed by atoms with Crippen molar-refractivity contribution in [2.75, 3.05) is 5.75 Å². The van der Waals surface area contributed by atoms with Crippen LogP contribution in [0.25, 0.3) is 5.57 Å². The summed E-state index contributed by atoms with van der Waals surface area (Å²) in [4.78, 5) is 0.887. The molecule has 1 aromatic carbocycles. The molecule has 2 heteroatoms. The first-order chi connectivity index (χ1) is 8.33. The molecule has 0 spiro atoms. The van der Waals surface area contributed by atoms with E-state index in [1.165, 1.54) is 0 Å². The van der Waals surface area contributed by atoms with Crippen molar-refractivity contribution in [1.82, 2.24) is 0 Å². The Kier molecular flexibility index (Phi) is 3.92. The van der Waals surface area contributed by atoms with Gasteiger partial charge in [0.05, 0.1) is 10.8 Å². The van der Waals surface area contributed by atoms with Crippen LogP contribution in [-0.2, 0) is 10.8 Å². The lowest BCUT2D eigenvalue weighted by molar-refractivity contribution is 0.683. The number of hydrogen-bond donors (Lipinski definition) is 0. The minimum Gasteiger partial charge on any atom is -0.254 e. The molecule has 1 atom stereocenters. The molecule has 86 valence electrons. The van der Waals surface area contributed by atoms with Crippen molar-refractivity contribution in [3.8, 4) is 0 Å². The lowest BCUT2D eigenvalue weighted by atomic mass is 10.1. The zero-order valence-electron chi connectivity index (χ0n) is 9.72. The quantitative estimate of drug-likeness (QED) is 0.742. The maximum Gasteiger partial charge on any atom is 0.0533 e. The van der Waals surface area contributed by atoms with Gasteiger partial charge in [0, 0.05) is 21.8 Å². The Morgan fingerprint density at radius 2 is 2.00 bits per heavy atom. The summed E-state index contributed by atoms with van der Waals surface area (Å²) in [5.74, 6) is 0.635. The molecular weight excluding hydrogens is 228 g/mol. The van der Waals surface area contributed by atoms with Crippen LogP contribution < -0.4 is 0 Å².